The van der Waals surface area contributed by atoms with Crippen molar-refractivity contribution in [2.45, 2.75) is 31.1 Å². The zero-order valence-corrected chi connectivity index (χ0v) is 17.0. The van der Waals surface area contributed by atoms with Crippen molar-refractivity contribution in [2.75, 3.05) is 56.5 Å². The molecular weight excluding hydrogens is 360 g/mol. The fraction of sp³-hybridized carbons (Fsp3) is 0.600. The molecule has 0 atom stereocenters. The van der Waals surface area contributed by atoms with E-state index in [0.29, 0.717) is 6.54 Å². The van der Waals surface area contributed by atoms with Gasteiger partial charge in [0.25, 0.3) is 0 Å². The third-order valence-electron chi connectivity index (χ3n) is 5.08. The van der Waals surface area contributed by atoms with Gasteiger partial charge >= 0.3 is 6.03 Å². The molecule has 6 nitrogen and oxygen atoms in total. The molecule has 148 valence electrons. The van der Waals surface area contributed by atoms with Crippen LogP contribution in [0.1, 0.15) is 26.2 Å². The normalized spacial score (nSPS) is 18.3. The Bertz CT molecular complexity index is 631. The van der Waals surface area contributed by atoms with Gasteiger partial charge in [-0.25, -0.2) is 4.79 Å². The fourth-order valence-corrected chi connectivity index (χ4v) is 4.50. The van der Waals surface area contributed by atoms with E-state index in [1.54, 1.807) is 0 Å². The van der Waals surface area contributed by atoms with Crippen LogP contribution in [0.5, 0.6) is 0 Å². The number of nitrogens with one attached hydrogen (secondary N) is 1. The third-order valence-corrected chi connectivity index (χ3v) is 6.35. The lowest BCUT2D eigenvalue weighted by Gasteiger charge is -2.37. The number of unbranched alkanes of at least 4 members (excludes halogenated alkanes) is 1. The van der Waals surface area contributed by atoms with Gasteiger partial charge in [-0.05, 0) is 43.7 Å². The molecule has 2 heterocycles. The molecule has 3 rings (SSSR count). The number of benzene rings is 1. The van der Waals surface area contributed by atoms with E-state index in [1.165, 1.54) is 21.9 Å². The molecule has 0 radical (unpaired) electrons. The Balaban J connectivity index is 1.39. The van der Waals surface area contributed by atoms with Crippen LogP contribution >= 0.6 is 11.8 Å². The molecule has 1 aromatic rings. The number of urea groups is 1. The smallest absolute Gasteiger partial charge is 0.324 e. The topological polar surface area (TPSA) is 55.9 Å². The summed E-state index contributed by atoms with van der Waals surface area (Å²) in [7, 11) is 0. The van der Waals surface area contributed by atoms with E-state index in [4.69, 9.17) is 0 Å². The van der Waals surface area contributed by atoms with Crippen molar-refractivity contribution in [3.8, 4) is 0 Å². The predicted molar refractivity (Wildman–Crippen MR) is 110 cm³/mol. The highest BCUT2D eigenvalue weighted by molar-refractivity contribution is 7.99. The number of rotatable bonds is 9. The van der Waals surface area contributed by atoms with E-state index in [0.717, 1.165) is 51.3 Å². The van der Waals surface area contributed by atoms with E-state index >= 15 is 0 Å². The Morgan fingerprint density at radius 2 is 1.78 bits per heavy atom. The summed E-state index contributed by atoms with van der Waals surface area (Å²) in [5, 5.41) is 2.57. The van der Waals surface area contributed by atoms with Gasteiger partial charge in [0, 0.05) is 37.6 Å². The van der Waals surface area contributed by atoms with Crippen molar-refractivity contribution in [1.82, 2.24) is 15.1 Å². The summed E-state index contributed by atoms with van der Waals surface area (Å²) >= 11 is 1.95. The van der Waals surface area contributed by atoms with Crippen LogP contribution in [0.25, 0.3) is 0 Å². The highest BCUT2D eigenvalue weighted by Crippen LogP contribution is 2.31. The lowest BCUT2D eigenvalue weighted by atomic mass is 10.2. The summed E-state index contributed by atoms with van der Waals surface area (Å²) in [6.45, 7) is 8.18. The molecule has 3 amide bonds. The molecule has 2 saturated heterocycles. The average Bonchev–Trinajstić information content (AvgIpc) is 3.02. The van der Waals surface area contributed by atoms with E-state index < -0.39 is 0 Å². The zero-order valence-electron chi connectivity index (χ0n) is 16.2. The predicted octanol–water partition coefficient (Wildman–Crippen LogP) is 2.64. The first-order valence-corrected chi connectivity index (χ1v) is 10.9. The number of imide groups is 1. The Labute approximate surface area is 166 Å². The van der Waals surface area contributed by atoms with Gasteiger partial charge in [-0.15, -0.1) is 11.8 Å². The van der Waals surface area contributed by atoms with E-state index in [2.05, 4.69) is 46.3 Å². The van der Waals surface area contributed by atoms with Crippen LogP contribution in [-0.2, 0) is 4.79 Å². The number of para-hydroxylation sites is 1. The molecular formula is C20H30N4O2S. The zero-order chi connectivity index (χ0) is 19.1. The second kappa shape index (κ2) is 9.99. The monoisotopic (exact) mass is 390 g/mol. The Kier molecular flexibility index (Phi) is 7.41. The van der Waals surface area contributed by atoms with Gasteiger partial charge in [-0.2, -0.15) is 0 Å². The number of nitrogens with zero attached hydrogens (tertiary/aromatic N) is 3. The molecule has 7 heteroatoms. The van der Waals surface area contributed by atoms with Crippen molar-refractivity contribution in [3.63, 3.8) is 0 Å². The maximum absolute atomic E-state index is 11.6. The largest absolute Gasteiger partial charge is 0.368 e. The van der Waals surface area contributed by atoms with Gasteiger partial charge in [0.15, 0.2) is 0 Å². The average molecular weight is 391 g/mol. The van der Waals surface area contributed by atoms with Gasteiger partial charge in [0.1, 0.15) is 0 Å². The maximum Gasteiger partial charge on any atom is 0.324 e. The van der Waals surface area contributed by atoms with Crippen molar-refractivity contribution in [1.29, 1.82) is 0 Å². The molecule has 2 aliphatic heterocycles. The molecule has 2 fully saturated rings. The molecule has 0 spiro atoms. The quantitative estimate of drug-likeness (QED) is 0.399. The van der Waals surface area contributed by atoms with Crippen molar-refractivity contribution in [2.24, 2.45) is 0 Å². The molecule has 1 aromatic carbocycles. The van der Waals surface area contributed by atoms with Crippen LogP contribution in [0, 0.1) is 0 Å². The summed E-state index contributed by atoms with van der Waals surface area (Å²) in [6.07, 6.45) is 3.08. The van der Waals surface area contributed by atoms with E-state index in [-0.39, 0.29) is 18.5 Å². The first kappa shape index (κ1) is 20.0. The summed E-state index contributed by atoms with van der Waals surface area (Å²) in [5.74, 6) is 1.06. The van der Waals surface area contributed by atoms with Crippen LogP contribution < -0.4 is 10.2 Å². The molecule has 0 aliphatic carbocycles. The Morgan fingerprint density at radius 3 is 2.48 bits per heavy atom. The van der Waals surface area contributed by atoms with E-state index in [1.807, 2.05) is 11.8 Å². The van der Waals surface area contributed by atoms with Crippen molar-refractivity contribution >= 4 is 29.4 Å². The molecule has 0 saturated carbocycles. The number of piperazine rings is 1. The summed E-state index contributed by atoms with van der Waals surface area (Å²) in [4.78, 5) is 30.8. The molecule has 1 N–H and O–H groups in total. The number of hydrogen-bond donors (Lipinski definition) is 1. The number of hydrogen-bond acceptors (Lipinski definition) is 5. The SMILES string of the molecule is CCCSc1ccccc1N1CCN(CCCCN2C(=O)CNC2=O)CC1. The van der Waals surface area contributed by atoms with Crippen LogP contribution in [0.4, 0.5) is 10.5 Å². The van der Waals surface area contributed by atoms with Gasteiger partial charge in [0.05, 0.1) is 12.2 Å². The minimum absolute atomic E-state index is 0.103. The van der Waals surface area contributed by atoms with Crippen LogP contribution in [0.2, 0.25) is 0 Å². The van der Waals surface area contributed by atoms with Crippen molar-refractivity contribution < 1.29 is 9.59 Å². The van der Waals surface area contributed by atoms with Crippen molar-refractivity contribution in [3.05, 3.63) is 24.3 Å². The number of carbonyl (C=O) groups excluding carboxylic acids is 2. The number of thioether (sulfide) groups is 1. The highest BCUT2D eigenvalue weighted by atomic mass is 32.2. The minimum Gasteiger partial charge on any atom is -0.368 e. The first-order valence-electron chi connectivity index (χ1n) is 9.96. The van der Waals surface area contributed by atoms with Gasteiger partial charge in [0.2, 0.25) is 5.91 Å². The number of amides is 3. The van der Waals surface area contributed by atoms with Crippen LogP contribution in [0.15, 0.2) is 29.2 Å². The van der Waals surface area contributed by atoms with Gasteiger partial charge in [-0.3, -0.25) is 14.6 Å². The lowest BCUT2D eigenvalue weighted by molar-refractivity contribution is -0.125. The molecule has 2 aliphatic rings. The highest BCUT2D eigenvalue weighted by Gasteiger charge is 2.27. The second-order valence-corrected chi connectivity index (χ2v) is 8.19. The lowest BCUT2D eigenvalue weighted by Crippen LogP contribution is -2.46. The first-order chi connectivity index (χ1) is 13.2. The minimum atomic E-state index is -0.242. The number of carbonyl (C=O) groups is 2. The van der Waals surface area contributed by atoms with Crippen LogP contribution in [-0.4, -0.2) is 73.3 Å². The Hall–Kier alpha value is -1.73. The standard InChI is InChI=1S/C20H30N4O2S/c1-2-15-27-18-8-4-3-7-17(18)23-13-11-22(12-14-23)9-5-6-10-24-19(25)16-21-20(24)26/h3-4,7-8H,2,5-6,9-16H2,1H3,(H,21,26). The summed E-state index contributed by atoms with van der Waals surface area (Å²) < 4.78 is 0. The third kappa shape index (κ3) is 5.39. The maximum atomic E-state index is 11.6. The molecule has 0 bridgehead atoms. The number of anilines is 1. The van der Waals surface area contributed by atoms with Gasteiger partial charge in [-0.1, -0.05) is 19.1 Å². The summed E-state index contributed by atoms with van der Waals surface area (Å²) in [5.41, 5.74) is 1.37. The fourth-order valence-electron chi connectivity index (χ4n) is 3.55. The van der Waals surface area contributed by atoms with Crippen LogP contribution in [0.3, 0.4) is 0 Å². The van der Waals surface area contributed by atoms with Gasteiger partial charge < -0.3 is 10.2 Å². The Morgan fingerprint density at radius 1 is 1.04 bits per heavy atom. The van der Waals surface area contributed by atoms with E-state index in [9.17, 15) is 9.59 Å². The molecule has 0 unspecified atom stereocenters. The molecule has 0 aromatic heterocycles. The second-order valence-electron chi connectivity index (χ2n) is 7.06. The summed E-state index contributed by atoms with van der Waals surface area (Å²) in [6, 6.07) is 8.49. The molecule has 27 heavy (non-hydrogen) atoms.